The van der Waals surface area contributed by atoms with Gasteiger partial charge in [0.15, 0.2) is 0 Å². The van der Waals surface area contributed by atoms with Crippen LogP contribution in [0.5, 0.6) is 0 Å². The molecule has 2 amide bonds. The van der Waals surface area contributed by atoms with E-state index >= 15 is 0 Å². The Morgan fingerprint density at radius 1 is 1.39 bits per heavy atom. The van der Waals surface area contributed by atoms with Crippen molar-refractivity contribution in [2.45, 2.75) is 32.2 Å². The Kier molecular flexibility index (Phi) is 5.04. The smallest absolute Gasteiger partial charge is 0.307 e. The summed E-state index contributed by atoms with van der Waals surface area (Å²) in [5.41, 5.74) is 4.25. The molecule has 0 fully saturated rings. The number of fused-ring (bicyclic) bond motifs is 1. The van der Waals surface area contributed by atoms with E-state index < -0.39 is 5.82 Å². The maximum atomic E-state index is 13.4. The first-order valence-corrected chi connectivity index (χ1v) is 9.46. The number of benzene rings is 1. The van der Waals surface area contributed by atoms with Crippen LogP contribution < -0.4 is 10.2 Å². The molecule has 9 heteroatoms. The van der Waals surface area contributed by atoms with Gasteiger partial charge in [0.25, 0.3) is 0 Å². The van der Waals surface area contributed by atoms with Crippen LogP contribution in [0.15, 0.2) is 30.6 Å². The number of carbonyl (C=O) groups excluding carboxylic acids is 1. The summed E-state index contributed by atoms with van der Waals surface area (Å²) < 4.78 is 15.0. The Labute approximate surface area is 166 Å². The molecule has 0 atom stereocenters. The average Bonchev–Trinajstić information content (AvgIpc) is 3.29. The van der Waals surface area contributed by atoms with Gasteiger partial charge in [-0.05, 0) is 49.4 Å². The van der Waals surface area contributed by atoms with Gasteiger partial charge in [-0.15, -0.1) is 0 Å². The topological polar surface area (TPSA) is 78.8 Å². The molecule has 1 aliphatic rings. The van der Waals surface area contributed by atoms with Gasteiger partial charge >= 0.3 is 6.03 Å². The SMILES string of the molecule is Cn1cc(N(Cc2n[nH]c3c2CCCC3)C(=O)Nc2ccc(F)c(Cl)c2)cn1. The van der Waals surface area contributed by atoms with Crippen LogP contribution in [-0.4, -0.2) is 26.0 Å². The van der Waals surface area contributed by atoms with Crippen molar-refractivity contribution in [2.75, 3.05) is 10.2 Å². The van der Waals surface area contributed by atoms with E-state index in [-0.39, 0.29) is 11.1 Å². The number of aromatic amines is 1. The fourth-order valence-electron chi connectivity index (χ4n) is 3.42. The van der Waals surface area contributed by atoms with Crippen molar-refractivity contribution in [3.63, 3.8) is 0 Å². The van der Waals surface area contributed by atoms with Crippen molar-refractivity contribution in [3.8, 4) is 0 Å². The normalized spacial score (nSPS) is 13.2. The van der Waals surface area contributed by atoms with E-state index in [9.17, 15) is 9.18 Å². The maximum Gasteiger partial charge on any atom is 0.326 e. The standard InChI is InChI=1S/C19H20ClFN6O/c1-26-10-13(9-22-26)27(11-18-14-4-2-3-5-17(14)24-25-18)19(28)23-12-6-7-16(21)15(20)8-12/h6-10H,2-5,11H2,1H3,(H,23,28)(H,24,25). The molecule has 28 heavy (non-hydrogen) atoms. The van der Waals surface area contributed by atoms with Gasteiger partial charge in [-0.3, -0.25) is 14.7 Å². The van der Waals surface area contributed by atoms with E-state index in [2.05, 4.69) is 20.6 Å². The number of H-pyrrole nitrogens is 1. The van der Waals surface area contributed by atoms with Crippen LogP contribution in [0.2, 0.25) is 5.02 Å². The third-order valence-electron chi connectivity index (χ3n) is 4.87. The minimum Gasteiger partial charge on any atom is -0.307 e. The largest absolute Gasteiger partial charge is 0.326 e. The number of nitrogens with one attached hydrogen (secondary N) is 2. The Balaban J connectivity index is 1.61. The zero-order valence-corrected chi connectivity index (χ0v) is 16.1. The molecule has 4 rings (SSSR count). The molecule has 0 spiro atoms. The first-order valence-electron chi connectivity index (χ1n) is 9.08. The molecular weight excluding hydrogens is 383 g/mol. The van der Waals surface area contributed by atoms with E-state index in [1.54, 1.807) is 29.0 Å². The number of rotatable bonds is 4. The fraction of sp³-hybridized carbons (Fsp3) is 0.316. The first kappa shape index (κ1) is 18.5. The van der Waals surface area contributed by atoms with Crippen LogP contribution in [0.25, 0.3) is 0 Å². The minimum absolute atomic E-state index is 0.0490. The van der Waals surface area contributed by atoms with Crippen LogP contribution in [0.1, 0.15) is 29.8 Å². The van der Waals surface area contributed by atoms with Crippen molar-refractivity contribution in [1.29, 1.82) is 0 Å². The molecule has 0 radical (unpaired) electrons. The summed E-state index contributed by atoms with van der Waals surface area (Å²) in [6, 6.07) is 3.70. The van der Waals surface area contributed by atoms with Gasteiger partial charge < -0.3 is 5.32 Å². The van der Waals surface area contributed by atoms with Gasteiger partial charge in [0.1, 0.15) is 5.82 Å². The molecule has 0 aliphatic heterocycles. The Hall–Kier alpha value is -2.87. The number of nitrogens with zero attached hydrogens (tertiary/aromatic N) is 4. The highest BCUT2D eigenvalue weighted by molar-refractivity contribution is 6.31. The van der Waals surface area contributed by atoms with Crippen LogP contribution >= 0.6 is 11.6 Å². The Morgan fingerprint density at radius 2 is 2.21 bits per heavy atom. The number of hydrogen-bond donors (Lipinski definition) is 2. The fourth-order valence-corrected chi connectivity index (χ4v) is 3.60. The first-order chi connectivity index (χ1) is 13.5. The maximum absolute atomic E-state index is 13.4. The summed E-state index contributed by atoms with van der Waals surface area (Å²) in [5, 5.41) is 14.4. The number of halogens is 2. The lowest BCUT2D eigenvalue weighted by molar-refractivity contribution is 0.256. The number of aromatic nitrogens is 4. The summed E-state index contributed by atoms with van der Waals surface area (Å²) >= 11 is 5.82. The molecule has 0 saturated heterocycles. The third-order valence-corrected chi connectivity index (χ3v) is 5.16. The molecule has 0 unspecified atom stereocenters. The third kappa shape index (κ3) is 3.73. The van der Waals surface area contributed by atoms with Gasteiger partial charge in [0.2, 0.25) is 0 Å². The van der Waals surface area contributed by atoms with Crippen molar-refractivity contribution in [1.82, 2.24) is 20.0 Å². The highest BCUT2D eigenvalue weighted by Crippen LogP contribution is 2.26. The van der Waals surface area contributed by atoms with Crippen LogP contribution in [0, 0.1) is 5.82 Å². The molecule has 7 nitrogen and oxygen atoms in total. The zero-order chi connectivity index (χ0) is 19.7. The number of carbonyl (C=O) groups is 1. The molecular formula is C19H20ClFN6O. The predicted molar refractivity (Wildman–Crippen MR) is 105 cm³/mol. The van der Waals surface area contributed by atoms with Gasteiger partial charge in [-0.1, -0.05) is 11.6 Å². The Morgan fingerprint density at radius 3 is 2.96 bits per heavy atom. The highest BCUT2D eigenvalue weighted by Gasteiger charge is 2.23. The molecule has 146 valence electrons. The number of aryl methyl sites for hydroxylation is 2. The second-order valence-corrected chi connectivity index (χ2v) is 7.26. The second-order valence-electron chi connectivity index (χ2n) is 6.85. The molecule has 1 aliphatic carbocycles. The van der Waals surface area contributed by atoms with Crippen LogP contribution in [0.4, 0.5) is 20.6 Å². The quantitative estimate of drug-likeness (QED) is 0.690. The summed E-state index contributed by atoms with van der Waals surface area (Å²) in [5.74, 6) is -0.535. The minimum atomic E-state index is -0.535. The van der Waals surface area contributed by atoms with Gasteiger partial charge in [-0.2, -0.15) is 10.2 Å². The molecule has 2 aromatic heterocycles. The number of hydrogen-bond acceptors (Lipinski definition) is 3. The molecule has 0 bridgehead atoms. The van der Waals surface area contributed by atoms with Crippen molar-refractivity contribution < 1.29 is 9.18 Å². The molecule has 3 aromatic rings. The van der Waals surface area contributed by atoms with Gasteiger partial charge in [-0.25, -0.2) is 9.18 Å². The van der Waals surface area contributed by atoms with E-state index in [1.807, 2.05) is 0 Å². The summed E-state index contributed by atoms with van der Waals surface area (Å²) in [7, 11) is 1.79. The molecule has 0 saturated carbocycles. The lowest BCUT2D eigenvalue weighted by Crippen LogP contribution is -2.34. The highest BCUT2D eigenvalue weighted by atomic mass is 35.5. The average molecular weight is 403 g/mol. The van der Waals surface area contributed by atoms with E-state index in [4.69, 9.17) is 11.6 Å². The van der Waals surface area contributed by atoms with Crippen LogP contribution in [-0.2, 0) is 26.4 Å². The Bertz CT molecular complexity index is 1010. The van der Waals surface area contributed by atoms with E-state index in [1.165, 1.54) is 23.8 Å². The monoisotopic (exact) mass is 402 g/mol. The van der Waals surface area contributed by atoms with Gasteiger partial charge in [0, 0.05) is 24.6 Å². The molecule has 2 heterocycles. The lowest BCUT2D eigenvalue weighted by atomic mass is 9.96. The van der Waals surface area contributed by atoms with Crippen LogP contribution in [0.3, 0.4) is 0 Å². The second kappa shape index (κ2) is 7.63. The lowest BCUT2D eigenvalue weighted by Gasteiger charge is -2.22. The molecule has 1 aromatic carbocycles. The predicted octanol–water partition coefficient (Wildman–Crippen LogP) is 4.05. The van der Waals surface area contributed by atoms with Crippen molar-refractivity contribution in [2.24, 2.45) is 7.05 Å². The number of urea groups is 1. The summed E-state index contributed by atoms with van der Waals surface area (Å²) in [6.45, 7) is 0.304. The molecule has 2 N–H and O–H groups in total. The van der Waals surface area contributed by atoms with E-state index in [0.29, 0.717) is 17.9 Å². The number of amides is 2. The number of anilines is 2. The van der Waals surface area contributed by atoms with Gasteiger partial charge in [0.05, 0.1) is 29.1 Å². The summed E-state index contributed by atoms with van der Waals surface area (Å²) in [6.07, 6.45) is 7.58. The summed E-state index contributed by atoms with van der Waals surface area (Å²) in [4.78, 5) is 14.6. The van der Waals surface area contributed by atoms with E-state index in [0.717, 1.165) is 37.1 Å². The zero-order valence-electron chi connectivity index (χ0n) is 15.4. The van der Waals surface area contributed by atoms with Crippen molar-refractivity contribution in [3.05, 3.63) is 58.4 Å². The van der Waals surface area contributed by atoms with Crippen molar-refractivity contribution >= 4 is 29.0 Å².